The number of carbonyl (C=O) groups excluding carboxylic acids is 2. The van der Waals surface area contributed by atoms with E-state index in [0.29, 0.717) is 29.4 Å². The molecule has 0 aliphatic heterocycles. The van der Waals surface area contributed by atoms with Gasteiger partial charge in [0.2, 0.25) is 11.7 Å². The highest BCUT2D eigenvalue weighted by atomic mass is 16.5. The van der Waals surface area contributed by atoms with Crippen molar-refractivity contribution in [1.29, 1.82) is 0 Å². The van der Waals surface area contributed by atoms with E-state index in [1.54, 1.807) is 12.1 Å². The lowest BCUT2D eigenvalue weighted by Gasteiger charge is -2.14. The first-order valence-corrected chi connectivity index (χ1v) is 9.92. The van der Waals surface area contributed by atoms with Crippen molar-refractivity contribution in [3.8, 4) is 17.2 Å². The second-order valence-electron chi connectivity index (χ2n) is 6.57. The number of unbranched alkanes of at least 4 members (excludes halogenated alkanes) is 6. The maximum Gasteiger partial charge on any atom is 0.251 e. The molecule has 7 heteroatoms. The summed E-state index contributed by atoms with van der Waals surface area (Å²) >= 11 is 0. The number of ether oxygens (including phenoxy) is 3. The average Bonchev–Trinajstić information content (AvgIpc) is 2.72. The van der Waals surface area contributed by atoms with Crippen LogP contribution in [0.25, 0.3) is 0 Å². The van der Waals surface area contributed by atoms with Crippen LogP contribution in [0.2, 0.25) is 0 Å². The summed E-state index contributed by atoms with van der Waals surface area (Å²) in [5.74, 6) is 0.594. The molecule has 0 aliphatic carbocycles. The van der Waals surface area contributed by atoms with Crippen molar-refractivity contribution in [2.45, 2.75) is 51.9 Å². The molecule has 1 aromatic carbocycles. The van der Waals surface area contributed by atoms with Gasteiger partial charge in [-0.1, -0.05) is 45.4 Å². The van der Waals surface area contributed by atoms with Crippen LogP contribution in [0.4, 0.5) is 0 Å². The predicted molar refractivity (Wildman–Crippen MR) is 109 cm³/mol. The predicted octanol–water partition coefficient (Wildman–Crippen LogP) is 3.31. The minimum atomic E-state index is -0.384. The van der Waals surface area contributed by atoms with E-state index >= 15 is 0 Å². The van der Waals surface area contributed by atoms with E-state index < -0.39 is 0 Å². The maximum atomic E-state index is 12.3. The molecule has 7 nitrogen and oxygen atoms in total. The molecule has 1 rings (SSSR count). The van der Waals surface area contributed by atoms with Crippen LogP contribution in [0, 0.1) is 0 Å². The molecule has 0 bridgehead atoms. The van der Waals surface area contributed by atoms with E-state index in [4.69, 9.17) is 14.2 Å². The van der Waals surface area contributed by atoms with Crippen LogP contribution < -0.4 is 24.8 Å². The highest BCUT2D eigenvalue weighted by Crippen LogP contribution is 2.38. The summed E-state index contributed by atoms with van der Waals surface area (Å²) in [7, 11) is 4.46. The lowest BCUT2D eigenvalue weighted by atomic mass is 10.1. The SMILES string of the molecule is CCCCCCCCCNC(=O)CNC(=O)c1cc(OC)c(OC)c(OC)c1. The summed E-state index contributed by atoms with van der Waals surface area (Å²) in [5.41, 5.74) is 0.328. The first kappa shape index (κ1) is 23.6. The molecule has 0 aliphatic rings. The summed E-state index contributed by atoms with van der Waals surface area (Å²) in [6, 6.07) is 3.10. The quantitative estimate of drug-likeness (QED) is 0.473. The van der Waals surface area contributed by atoms with Crippen LogP contribution in [0.5, 0.6) is 17.2 Å². The van der Waals surface area contributed by atoms with Gasteiger partial charge in [-0.3, -0.25) is 9.59 Å². The zero-order valence-electron chi connectivity index (χ0n) is 17.6. The Bertz CT molecular complexity index is 594. The molecule has 0 spiro atoms. The van der Waals surface area contributed by atoms with Crippen LogP contribution in [-0.4, -0.2) is 46.2 Å². The molecule has 0 unspecified atom stereocenters. The highest BCUT2D eigenvalue weighted by Gasteiger charge is 2.17. The van der Waals surface area contributed by atoms with Crippen molar-refractivity contribution in [3.05, 3.63) is 17.7 Å². The molecule has 28 heavy (non-hydrogen) atoms. The summed E-state index contributed by atoms with van der Waals surface area (Å²) in [5, 5.41) is 5.44. The molecule has 1 aromatic rings. The molecule has 0 saturated heterocycles. The van der Waals surface area contributed by atoms with E-state index in [1.165, 1.54) is 53.4 Å². The monoisotopic (exact) mass is 394 g/mol. The fourth-order valence-corrected chi connectivity index (χ4v) is 2.85. The third-order valence-corrected chi connectivity index (χ3v) is 4.44. The average molecular weight is 395 g/mol. The molecular formula is C21H34N2O5. The van der Waals surface area contributed by atoms with Crippen molar-refractivity contribution >= 4 is 11.8 Å². The molecule has 0 atom stereocenters. The smallest absolute Gasteiger partial charge is 0.251 e. The standard InChI is InChI=1S/C21H34N2O5/c1-5-6-7-8-9-10-11-12-22-19(24)15-23-21(25)16-13-17(26-2)20(28-4)18(14-16)27-3/h13-14H,5-12,15H2,1-4H3,(H,22,24)(H,23,25). The Kier molecular flexibility index (Phi) is 11.5. The number of rotatable bonds is 14. The Morgan fingerprint density at radius 2 is 1.39 bits per heavy atom. The molecule has 158 valence electrons. The number of hydrogen-bond donors (Lipinski definition) is 2. The van der Waals surface area contributed by atoms with Gasteiger partial charge in [-0.05, 0) is 18.6 Å². The van der Waals surface area contributed by atoms with Gasteiger partial charge in [0.05, 0.1) is 27.9 Å². The molecular weight excluding hydrogens is 360 g/mol. The van der Waals surface area contributed by atoms with Gasteiger partial charge >= 0.3 is 0 Å². The van der Waals surface area contributed by atoms with Crippen LogP contribution in [-0.2, 0) is 4.79 Å². The van der Waals surface area contributed by atoms with Crippen LogP contribution in [0.3, 0.4) is 0 Å². The fraction of sp³-hybridized carbons (Fsp3) is 0.619. The second kappa shape index (κ2) is 13.7. The largest absolute Gasteiger partial charge is 0.493 e. The Morgan fingerprint density at radius 3 is 1.93 bits per heavy atom. The van der Waals surface area contributed by atoms with Gasteiger partial charge in [0.15, 0.2) is 11.5 Å². The number of hydrogen-bond acceptors (Lipinski definition) is 5. The molecule has 2 amide bonds. The second-order valence-corrected chi connectivity index (χ2v) is 6.57. The molecule has 0 fully saturated rings. The Morgan fingerprint density at radius 1 is 0.821 bits per heavy atom. The lowest BCUT2D eigenvalue weighted by molar-refractivity contribution is -0.120. The van der Waals surface area contributed by atoms with Crippen molar-refractivity contribution in [2.24, 2.45) is 0 Å². The minimum absolute atomic E-state index is 0.0774. The highest BCUT2D eigenvalue weighted by molar-refractivity contribution is 5.97. The number of carbonyl (C=O) groups is 2. The van der Waals surface area contributed by atoms with Crippen LogP contribution >= 0.6 is 0 Å². The normalized spacial score (nSPS) is 10.3. The van der Waals surface area contributed by atoms with Gasteiger partial charge in [-0.25, -0.2) is 0 Å². The molecule has 0 radical (unpaired) electrons. The van der Waals surface area contributed by atoms with E-state index in [-0.39, 0.29) is 18.4 Å². The van der Waals surface area contributed by atoms with Crippen molar-refractivity contribution in [3.63, 3.8) is 0 Å². The molecule has 2 N–H and O–H groups in total. The van der Waals surface area contributed by atoms with Gasteiger partial charge in [0.25, 0.3) is 5.91 Å². The Hall–Kier alpha value is -2.44. The topological polar surface area (TPSA) is 85.9 Å². The van der Waals surface area contributed by atoms with Gasteiger partial charge in [-0.15, -0.1) is 0 Å². The maximum absolute atomic E-state index is 12.3. The van der Waals surface area contributed by atoms with Crippen LogP contribution in [0.15, 0.2) is 12.1 Å². The van der Waals surface area contributed by atoms with E-state index in [9.17, 15) is 9.59 Å². The number of nitrogens with one attached hydrogen (secondary N) is 2. The Labute approximate surface area is 168 Å². The Balaban J connectivity index is 2.38. The van der Waals surface area contributed by atoms with E-state index in [0.717, 1.165) is 12.8 Å². The zero-order chi connectivity index (χ0) is 20.8. The molecule has 0 saturated carbocycles. The number of benzene rings is 1. The van der Waals surface area contributed by atoms with Crippen molar-refractivity contribution < 1.29 is 23.8 Å². The minimum Gasteiger partial charge on any atom is -0.493 e. The van der Waals surface area contributed by atoms with Crippen molar-refractivity contribution in [1.82, 2.24) is 10.6 Å². The number of amides is 2. The van der Waals surface area contributed by atoms with Gasteiger partial charge in [0, 0.05) is 12.1 Å². The first-order chi connectivity index (χ1) is 13.6. The third-order valence-electron chi connectivity index (χ3n) is 4.44. The lowest BCUT2D eigenvalue weighted by Crippen LogP contribution is -2.37. The zero-order valence-corrected chi connectivity index (χ0v) is 17.6. The van der Waals surface area contributed by atoms with E-state index in [2.05, 4.69) is 17.6 Å². The summed E-state index contributed by atoms with van der Waals surface area (Å²) < 4.78 is 15.7. The number of methoxy groups -OCH3 is 3. The van der Waals surface area contributed by atoms with Gasteiger partial charge in [-0.2, -0.15) is 0 Å². The van der Waals surface area contributed by atoms with Gasteiger partial charge < -0.3 is 24.8 Å². The third kappa shape index (κ3) is 8.06. The van der Waals surface area contributed by atoms with Crippen molar-refractivity contribution in [2.75, 3.05) is 34.4 Å². The van der Waals surface area contributed by atoms with Gasteiger partial charge in [0.1, 0.15) is 0 Å². The summed E-state index contributed by atoms with van der Waals surface area (Å²) in [6.07, 6.45) is 8.36. The van der Waals surface area contributed by atoms with Crippen LogP contribution in [0.1, 0.15) is 62.2 Å². The first-order valence-electron chi connectivity index (χ1n) is 9.92. The molecule has 0 aromatic heterocycles. The summed E-state index contributed by atoms with van der Waals surface area (Å²) in [6.45, 7) is 2.76. The fourth-order valence-electron chi connectivity index (χ4n) is 2.85. The molecule has 0 heterocycles. The summed E-state index contributed by atoms with van der Waals surface area (Å²) in [4.78, 5) is 24.2. The van der Waals surface area contributed by atoms with E-state index in [1.807, 2.05) is 0 Å².